The Kier molecular flexibility index (Phi) is 8.47. The monoisotopic (exact) mass is 679 g/mol. The van der Waals surface area contributed by atoms with Crippen molar-refractivity contribution in [3.63, 3.8) is 0 Å². The number of nitrogens with zero attached hydrogens (tertiary/aromatic N) is 4. The number of pyridine rings is 1. The second-order valence-corrected chi connectivity index (χ2v) is 12.0. The Hall–Kier alpha value is -4.85. The van der Waals surface area contributed by atoms with Gasteiger partial charge >= 0.3 is 18.1 Å². The molecule has 3 heterocycles. The van der Waals surface area contributed by atoms with Crippen molar-refractivity contribution in [1.29, 1.82) is 0 Å². The predicted molar refractivity (Wildman–Crippen MR) is 174 cm³/mol. The molecule has 1 atom stereocenters. The summed E-state index contributed by atoms with van der Waals surface area (Å²) in [5, 5.41) is 18.8. The Bertz CT molecular complexity index is 2180. The van der Waals surface area contributed by atoms with Gasteiger partial charge in [0.1, 0.15) is 10.7 Å². The minimum Gasteiger partial charge on any atom is -0.464 e. The van der Waals surface area contributed by atoms with E-state index in [-0.39, 0.29) is 28.6 Å². The quantitative estimate of drug-likeness (QED) is 0.167. The van der Waals surface area contributed by atoms with Gasteiger partial charge in [0.25, 0.3) is 0 Å². The SMILES string of the molecule is CCOC(=O)[C@@H](O)c1c(C)cc2nc(-c3nc(-c4ccc5c(cnn5C)c4)ccc3NC(=O)C(F)(F)F)sc2c1-c1ccc(Cl)cc1. The first-order valence-electron chi connectivity index (χ1n) is 14.2. The number of halogens is 4. The predicted octanol–water partition coefficient (Wildman–Crippen LogP) is 7.64. The number of hydrogen-bond donors (Lipinski definition) is 2. The Morgan fingerprint density at radius 2 is 1.79 bits per heavy atom. The van der Waals surface area contributed by atoms with Gasteiger partial charge in [0.15, 0.2) is 6.10 Å². The minimum absolute atomic E-state index is 0.000200. The third kappa shape index (κ3) is 6.16. The molecule has 3 aromatic carbocycles. The van der Waals surface area contributed by atoms with E-state index in [4.69, 9.17) is 26.3 Å². The van der Waals surface area contributed by atoms with Crippen LogP contribution in [0.4, 0.5) is 18.9 Å². The van der Waals surface area contributed by atoms with E-state index in [0.29, 0.717) is 43.2 Å². The number of nitrogens with one attached hydrogen (secondary N) is 1. The van der Waals surface area contributed by atoms with Crippen LogP contribution in [-0.4, -0.2) is 49.5 Å². The Balaban J connectivity index is 1.58. The highest BCUT2D eigenvalue weighted by Gasteiger charge is 2.39. The van der Waals surface area contributed by atoms with Crippen molar-refractivity contribution in [3.05, 3.63) is 83.0 Å². The standard InChI is InChI=1S/C33H25ClF3N5O4S/c1-4-46-31(44)28(43)25-16(2)13-23-29(26(25)17-5-8-20(34)9-6-17)47-30(40-23)27-22(41-32(45)33(35,36)37)11-10-21(39-27)18-7-12-24-19(14-18)15-38-42(24)3/h5-15,28,43H,4H2,1-3H3,(H,41,45)/t28-/m0/s1. The number of thiazole rings is 1. The lowest BCUT2D eigenvalue weighted by molar-refractivity contribution is -0.167. The van der Waals surface area contributed by atoms with Crippen LogP contribution in [0.25, 0.3) is 54.2 Å². The Labute approximate surface area is 274 Å². The van der Waals surface area contributed by atoms with Crippen LogP contribution in [0.5, 0.6) is 0 Å². The van der Waals surface area contributed by atoms with Crippen LogP contribution in [-0.2, 0) is 21.4 Å². The first-order valence-corrected chi connectivity index (χ1v) is 15.4. The van der Waals surface area contributed by atoms with Crippen molar-refractivity contribution in [2.75, 3.05) is 11.9 Å². The van der Waals surface area contributed by atoms with Crippen LogP contribution < -0.4 is 5.32 Å². The van der Waals surface area contributed by atoms with Gasteiger partial charge in [-0.2, -0.15) is 18.3 Å². The van der Waals surface area contributed by atoms with E-state index in [0.717, 1.165) is 22.2 Å². The number of aliphatic hydroxyl groups is 1. The molecule has 0 aliphatic rings. The number of ether oxygens (including phenoxy) is 1. The van der Waals surface area contributed by atoms with E-state index in [1.54, 1.807) is 62.1 Å². The van der Waals surface area contributed by atoms with Gasteiger partial charge in [-0.05, 0) is 67.4 Å². The van der Waals surface area contributed by atoms with Crippen LogP contribution in [0, 0.1) is 6.92 Å². The number of fused-ring (bicyclic) bond motifs is 2. The fourth-order valence-corrected chi connectivity index (χ4v) is 6.56. The van der Waals surface area contributed by atoms with E-state index in [1.165, 1.54) is 12.1 Å². The molecule has 1 amide bonds. The molecule has 240 valence electrons. The molecule has 0 spiro atoms. The number of alkyl halides is 3. The molecule has 0 aliphatic carbocycles. The van der Waals surface area contributed by atoms with Crippen molar-refractivity contribution in [1.82, 2.24) is 19.7 Å². The molecule has 0 aliphatic heterocycles. The first-order chi connectivity index (χ1) is 22.3. The lowest BCUT2D eigenvalue weighted by Gasteiger charge is -2.18. The average Bonchev–Trinajstić information content (AvgIpc) is 3.63. The van der Waals surface area contributed by atoms with E-state index in [2.05, 4.69) is 5.10 Å². The molecule has 0 radical (unpaired) electrons. The van der Waals surface area contributed by atoms with Gasteiger partial charge in [-0.1, -0.05) is 29.8 Å². The van der Waals surface area contributed by atoms with Gasteiger partial charge in [0.05, 0.1) is 39.9 Å². The highest BCUT2D eigenvalue weighted by Crippen LogP contribution is 2.44. The molecule has 0 saturated heterocycles. The normalized spacial score (nSPS) is 12.4. The van der Waals surface area contributed by atoms with Crippen molar-refractivity contribution >= 4 is 61.6 Å². The summed E-state index contributed by atoms with van der Waals surface area (Å²) in [4.78, 5) is 34.2. The molecule has 14 heteroatoms. The molecule has 0 saturated carbocycles. The van der Waals surface area contributed by atoms with Crippen molar-refractivity contribution in [2.24, 2.45) is 7.05 Å². The number of amides is 1. The summed E-state index contributed by atoms with van der Waals surface area (Å²) < 4.78 is 47.4. The molecule has 3 aromatic heterocycles. The highest BCUT2D eigenvalue weighted by atomic mass is 35.5. The molecule has 9 nitrogen and oxygen atoms in total. The maximum absolute atomic E-state index is 13.4. The highest BCUT2D eigenvalue weighted by molar-refractivity contribution is 7.22. The van der Waals surface area contributed by atoms with Crippen LogP contribution >= 0.6 is 22.9 Å². The largest absolute Gasteiger partial charge is 0.471 e. The van der Waals surface area contributed by atoms with Gasteiger partial charge in [-0.25, -0.2) is 14.8 Å². The number of hydrogen-bond acceptors (Lipinski definition) is 8. The number of aryl methyl sites for hydroxylation is 2. The molecule has 0 unspecified atom stereocenters. The third-order valence-electron chi connectivity index (χ3n) is 7.49. The number of anilines is 1. The summed E-state index contributed by atoms with van der Waals surface area (Å²) in [6.07, 6.45) is -5.10. The fraction of sp³-hybridized carbons (Fsp3) is 0.182. The Morgan fingerprint density at radius 1 is 1.06 bits per heavy atom. The number of aliphatic hydroxyl groups excluding tert-OH is 1. The molecule has 6 rings (SSSR count). The zero-order chi connectivity index (χ0) is 33.6. The molecular formula is C33H25ClF3N5O4S. The van der Waals surface area contributed by atoms with Gasteiger partial charge in [0.2, 0.25) is 0 Å². The summed E-state index contributed by atoms with van der Waals surface area (Å²) in [6, 6.07) is 16.8. The molecule has 2 N–H and O–H groups in total. The zero-order valence-corrected chi connectivity index (χ0v) is 26.6. The van der Waals surface area contributed by atoms with Crippen LogP contribution in [0.1, 0.15) is 24.2 Å². The summed E-state index contributed by atoms with van der Waals surface area (Å²) in [5.74, 6) is -3.00. The fourth-order valence-electron chi connectivity index (χ4n) is 5.31. The molecular weight excluding hydrogens is 655 g/mol. The molecule has 47 heavy (non-hydrogen) atoms. The maximum Gasteiger partial charge on any atom is 0.471 e. The van der Waals surface area contributed by atoms with E-state index < -0.39 is 24.2 Å². The zero-order valence-electron chi connectivity index (χ0n) is 25.0. The van der Waals surface area contributed by atoms with Crippen LogP contribution in [0.15, 0.2) is 66.9 Å². The molecule has 0 bridgehead atoms. The number of rotatable bonds is 7. The van der Waals surface area contributed by atoms with Gasteiger partial charge in [-0.15, -0.1) is 11.3 Å². The molecule has 0 fully saturated rings. The first kappa shape index (κ1) is 32.1. The van der Waals surface area contributed by atoms with Crippen molar-refractivity contribution < 1.29 is 32.6 Å². The summed E-state index contributed by atoms with van der Waals surface area (Å²) >= 11 is 7.24. The topological polar surface area (TPSA) is 119 Å². The Morgan fingerprint density at radius 3 is 2.49 bits per heavy atom. The van der Waals surface area contributed by atoms with Gasteiger partial charge in [0, 0.05) is 34.1 Å². The number of carbonyl (C=O) groups is 2. The van der Waals surface area contributed by atoms with Crippen molar-refractivity contribution in [3.8, 4) is 33.1 Å². The number of benzene rings is 3. The summed E-state index contributed by atoms with van der Waals surface area (Å²) in [7, 11) is 1.81. The summed E-state index contributed by atoms with van der Waals surface area (Å²) in [6.45, 7) is 3.39. The summed E-state index contributed by atoms with van der Waals surface area (Å²) in [5.41, 5.74) is 4.08. The average molecular weight is 680 g/mol. The smallest absolute Gasteiger partial charge is 0.464 e. The number of esters is 1. The number of aromatic nitrogens is 4. The second-order valence-electron chi connectivity index (χ2n) is 10.6. The minimum atomic E-state index is -5.15. The van der Waals surface area contributed by atoms with E-state index >= 15 is 0 Å². The lowest BCUT2D eigenvalue weighted by Crippen LogP contribution is -2.30. The van der Waals surface area contributed by atoms with Crippen LogP contribution in [0.3, 0.4) is 0 Å². The van der Waals surface area contributed by atoms with Gasteiger partial charge in [-0.3, -0.25) is 9.48 Å². The molecule has 6 aromatic rings. The lowest BCUT2D eigenvalue weighted by atomic mass is 9.91. The second kappa shape index (κ2) is 12.4. The number of carbonyl (C=O) groups excluding carboxylic acids is 2. The third-order valence-corrected chi connectivity index (χ3v) is 8.84. The van der Waals surface area contributed by atoms with Gasteiger partial charge < -0.3 is 15.2 Å². The van der Waals surface area contributed by atoms with Crippen molar-refractivity contribution in [2.45, 2.75) is 26.1 Å². The maximum atomic E-state index is 13.4. The van der Waals surface area contributed by atoms with Crippen LogP contribution in [0.2, 0.25) is 5.02 Å². The van der Waals surface area contributed by atoms with E-state index in [1.807, 2.05) is 23.5 Å². The van der Waals surface area contributed by atoms with E-state index in [9.17, 15) is 27.9 Å².